The van der Waals surface area contributed by atoms with Crippen LogP contribution in [-0.4, -0.2) is 67.8 Å². The summed E-state index contributed by atoms with van der Waals surface area (Å²) in [5, 5.41) is 26.8. The summed E-state index contributed by atoms with van der Waals surface area (Å²) in [5.41, 5.74) is 4.95. The summed E-state index contributed by atoms with van der Waals surface area (Å²) in [4.78, 5) is 17.8. The minimum absolute atomic E-state index is 0.0464. The average Bonchev–Trinajstić information content (AvgIpc) is 2.92. The first-order valence-electron chi connectivity index (χ1n) is 7.38. The number of hydrogen-bond acceptors (Lipinski definition) is 7. The third-order valence-electron chi connectivity index (χ3n) is 4.20. The Morgan fingerprint density at radius 3 is 2.95 bits per heavy atom. The maximum Gasteiger partial charge on any atom is 0.233 e. The van der Waals surface area contributed by atoms with E-state index in [0.29, 0.717) is 18.1 Å². The first-order valence-corrected chi connectivity index (χ1v) is 8.36. The molecule has 5 N–H and O–H groups in total. The van der Waals surface area contributed by atoms with Gasteiger partial charge >= 0.3 is 0 Å². The molecule has 0 unspecified atom stereocenters. The van der Waals surface area contributed by atoms with E-state index in [1.54, 1.807) is 4.90 Å². The molecule has 1 aliphatic heterocycles. The quantitative estimate of drug-likeness (QED) is 0.534. The second-order valence-electron chi connectivity index (χ2n) is 5.67. The molecule has 1 fully saturated rings. The summed E-state index contributed by atoms with van der Waals surface area (Å²) in [6, 6.07) is 0. The van der Waals surface area contributed by atoms with Crippen molar-refractivity contribution in [2.45, 2.75) is 37.4 Å². The molecule has 22 heavy (non-hydrogen) atoms. The number of likely N-dealkylation sites (tertiary alicyclic amines) is 1. The number of nitrogens with zero attached hydrogens (tertiary/aromatic N) is 3. The number of nitrogen functional groups attached to an aromatic ring is 1. The monoisotopic (exact) mass is 329 g/mol. The van der Waals surface area contributed by atoms with E-state index in [4.69, 9.17) is 5.73 Å². The zero-order valence-electron chi connectivity index (χ0n) is 12.7. The van der Waals surface area contributed by atoms with Crippen LogP contribution in [-0.2, 0) is 4.79 Å². The molecular weight excluding hydrogens is 306 g/mol. The highest BCUT2D eigenvalue weighted by molar-refractivity contribution is 7.99. The van der Waals surface area contributed by atoms with Gasteiger partial charge in [0.15, 0.2) is 0 Å². The normalized spacial score (nSPS) is 25.4. The molecule has 8 nitrogen and oxygen atoms in total. The number of anilines is 1. The second-order valence-corrected chi connectivity index (χ2v) is 6.61. The van der Waals surface area contributed by atoms with Gasteiger partial charge < -0.3 is 20.8 Å². The third-order valence-corrected chi connectivity index (χ3v) is 5.03. The van der Waals surface area contributed by atoms with Gasteiger partial charge in [0.25, 0.3) is 0 Å². The van der Waals surface area contributed by atoms with Crippen molar-refractivity contribution in [3.8, 4) is 0 Å². The van der Waals surface area contributed by atoms with Crippen molar-refractivity contribution in [1.82, 2.24) is 20.1 Å². The summed E-state index contributed by atoms with van der Waals surface area (Å²) < 4.78 is 0. The Bertz CT molecular complexity index is 512. The summed E-state index contributed by atoms with van der Waals surface area (Å²) >= 11 is 1.20. The molecular formula is C13H23N5O3S. The Labute approximate surface area is 133 Å². The van der Waals surface area contributed by atoms with Gasteiger partial charge in [-0.25, -0.2) is 5.10 Å². The molecule has 0 radical (unpaired) electrons. The minimum Gasteiger partial charge on any atom is -0.396 e. The number of carbonyl (C=O) groups excluding carboxylic acids is 1. The number of aromatic nitrogens is 3. The predicted octanol–water partition coefficient (Wildman–Crippen LogP) is -0.149. The molecule has 1 amide bonds. The standard InChI is InChI=1S/C13H23N5O3S/c1-2-3-13(8-19)4-5-18(6-9(13)20)10(21)7-22-12-15-11(14)16-17-12/h9,19-20H,2-8H2,1H3,(H3,14,15,16,17)/t9-,13-/m1/s1. The number of aliphatic hydroxyl groups is 2. The summed E-state index contributed by atoms with van der Waals surface area (Å²) in [6.07, 6.45) is 1.58. The van der Waals surface area contributed by atoms with Gasteiger partial charge in [-0.3, -0.25) is 4.79 Å². The number of amides is 1. The smallest absolute Gasteiger partial charge is 0.233 e. The number of thioether (sulfide) groups is 1. The summed E-state index contributed by atoms with van der Waals surface area (Å²) in [6.45, 7) is 2.79. The first kappa shape index (κ1) is 17.0. The van der Waals surface area contributed by atoms with Crippen molar-refractivity contribution in [3.63, 3.8) is 0 Å². The molecule has 0 spiro atoms. The summed E-state index contributed by atoms with van der Waals surface area (Å²) in [5.74, 6) is 0.343. The lowest BCUT2D eigenvalue weighted by Crippen LogP contribution is -2.54. The number of rotatable bonds is 6. The number of aliphatic hydroxyl groups excluding tert-OH is 2. The zero-order valence-corrected chi connectivity index (χ0v) is 13.5. The topological polar surface area (TPSA) is 128 Å². The SMILES string of the molecule is CCC[C@]1(CO)CCN(C(=O)CSc2n[nH]c(N)n2)C[C@H]1O. The molecule has 9 heteroatoms. The van der Waals surface area contributed by atoms with Gasteiger partial charge in [0.1, 0.15) is 0 Å². The van der Waals surface area contributed by atoms with Crippen LogP contribution in [0.3, 0.4) is 0 Å². The van der Waals surface area contributed by atoms with Crippen LogP contribution in [0.2, 0.25) is 0 Å². The molecule has 0 bridgehead atoms. The Kier molecular flexibility index (Phi) is 5.65. The second kappa shape index (κ2) is 7.30. The van der Waals surface area contributed by atoms with Crippen LogP contribution in [0.4, 0.5) is 5.95 Å². The molecule has 1 aliphatic rings. The minimum atomic E-state index is -0.695. The Balaban J connectivity index is 1.87. The van der Waals surface area contributed by atoms with Crippen LogP contribution in [0.25, 0.3) is 0 Å². The lowest BCUT2D eigenvalue weighted by atomic mass is 9.73. The number of nitrogens with two attached hydrogens (primary N) is 1. The number of carbonyl (C=O) groups is 1. The predicted molar refractivity (Wildman–Crippen MR) is 83.1 cm³/mol. The van der Waals surface area contributed by atoms with Gasteiger partial charge in [0, 0.05) is 18.5 Å². The van der Waals surface area contributed by atoms with E-state index in [1.165, 1.54) is 11.8 Å². The lowest BCUT2D eigenvalue weighted by Gasteiger charge is -2.44. The van der Waals surface area contributed by atoms with Crippen molar-refractivity contribution >= 4 is 23.6 Å². The van der Waals surface area contributed by atoms with Gasteiger partial charge in [-0.1, -0.05) is 25.1 Å². The average molecular weight is 329 g/mol. The molecule has 0 aliphatic carbocycles. The third kappa shape index (κ3) is 3.71. The van der Waals surface area contributed by atoms with Gasteiger partial charge in [0.05, 0.1) is 18.5 Å². The van der Waals surface area contributed by atoms with Crippen molar-refractivity contribution in [2.75, 3.05) is 31.2 Å². The Hall–Kier alpha value is -1.32. The molecule has 1 aromatic rings. The number of hydrogen-bond donors (Lipinski definition) is 4. The van der Waals surface area contributed by atoms with Crippen molar-refractivity contribution in [2.24, 2.45) is 5.41 Å². The number of H-pyrrole nitrogens is 1. The van der Waals surface area contributed by atoms with Gasteiger partial charge in [-0.05, 0) is 12.8 Å². The molecule has 1 saturated heterocycles. The zero-order chi connectivity index (χ0) is 16.2. The van der Waals surface area contributed by atoms with Crippen LogP contribution in [0.1, 0.15) is 26.2 Å². The van der Waals surface area contributed by atoms with Crippen LogP contribution in [0, 0.1) is 5.41 Å². The number of piperidine rings is 1. The maximum atomic E-state index is 12.2. The molecule has 0 saturated carbocycles. The molecule has 0 aromatic carbocycles. The summed E-state index contributed by atoms with van der Waals surface area (Å²) in [7, 11) is 0. The fourth-order valence-corrected chi connectivity index (χ4v) is 3.55. The highest BCUT2D eigenvalue weighted by Gasteiger charge is 2.42. The van der Waals surface area contributed by atoms with Gasteiger partial charge in [-0.15, -0.1) is 5.10 Å². The fraction of sp³-hybridized carbons (Fsp3) is 0.769. The Morgan fingerprint density at radius 1 is 1.64 bits per heavy atom. The fourth-order valence-electron chi connectivity index (χ4n) is 2.84. The molecule has 2 atom stereocenters. The first-order chi connectivity index (χ1) is 10.5. The van der Waals surface area contributed by atoms with Crippen LogP contribution >= 0.6 is 11.8 Å². The van der Waals surface area contributed by atoms with Crippen molar-refractivity contribution < 1.29 is 15.0 Å². The lowest BCUT2D eigenvalue weighted by molar-refractivity contribution is -0.139. The largest absolute Gasteiger partial charge is 0.396 e. The van der Waals surface area contributed by atoms with E-state index in [9.17, 15) is 15.0 Å². The highest BCUT2D eigenvalue weighted by Crippen LogP contribution is 2.36. The van der Waals surface area contributed by atoms with E-state index < -0.39 is 11.5 Å². The molecule has 2 rings (SSSR count). The van der Waals surface area contributed by atoms with E-state index in [0.717, 1.165) is 12.8 Å². The van der Waals surface area contributed by atoms with E-state index in [1.807, 2.05) is 6.92 Å². The molecule has 124 valence electrons. The number of β-amino-alcohol motifs (C(OH)–C–C–N with tert-alkyl or cyclic N) is 1. The van der Waals surface area contributed by atoms with E-state index in [2.05, 4.69) is 15.2 Å². The van der Waals surface area contributed by atoms with Gasteiger partial charge in [0.2, 0.25) is 17.0 Å². The van der Waals surface area contributed by atoms with Gasteiger partial charge in [-0.2, -0.15) is 4.98 Å². The Morgan fingerprint density at radius 2 is 2.41 bits per heavy atom. The van der Waals surface area contributed by atoms with E-state index in [-0.39, 0.29) is 30.8 Å². The highest BCUT2D eigenvalue weighted by atomic mass is 32.2. The number of aromatic amines is 1. The van der Waals surface area contributed by atoms with Crippen molar-refractivity contribution in [3.05, 3.63) is 0 Å². The number of nitrogens with one attached hydrogen (secondary N) is 1. The van der Waals surface area contributed by atoms with Crippen LogP contribution < -0.4 is 5.73 Å². The van der Waals surface area contributed by atoms with E-state index >= 15 is 0 Å². The van der Waals surface area contributed by atoms with Crippen LogP contribution in [0.5, 0.6) is 0 Å². The maximum absolute atomic E-state index is 12.2. The molecule has 2 heterocycles. The van der Waals surface area contributed by atoms with Crippen LogP contribution in [0.15, 0.2) is 5.16 Å². The molecule has 1 aromatic heterocycles. The van der Waals surface area contributed by atoms with Crippen molar-refractivity contribution in [1.29, 1.82) is 0 Å².